The smallest absolute Gasteiger partial charge is 0.332 e. The van der Waals surface area contributed by atoms with Gasteiger partial charge in [0.15, 0.2) is 0 Å². The van der Waals surface area contributed by atoms with Crippen molar-refractivity contribution in [2.75, 3.05) is 11.9 Å². The van der Waals surface area contributed by atoms with Crippen molar-refractivity contribution in [1.82, 2.24) is 4.98 Å². The third-order valence-corrected chi connectivity index (χ3v) is 9.09. The number of thiophene rings is 1. The second-order valence-electron chi connectivity index (χ2n) is 9.00. The number of nitrogens with one attached hydrogen (secondary N) is 1. The van der Waals surface area contributed by atoms with E-state index < -0.39 is 5.97 Å². The number of carbonyl (C=O) groups excluding carboxylic acids is 1. The van der Waals surface area contributed by atoms with E-state index in [9.17, 15) is 14.7 Å². The van der Waals surface area contributed by atoms with Crippen LogP contribution in [0.15, 0.2) is 16.5 Å². The summed E-state index contributed by atoms with van der Waals surface area (Å²) in [6.45, 7) is 1.22. The second-order valence-corrected chi connectivity index (χ2v) is 11.0. The number of rotatable bonds is 5. The normalized spacial score (nSPS) is 24.9. The van der Waals surface area contributed by atoms with Gasteiger partial charge in [0, 0.05) is 32.9 Å². The molecular weight excluding hydrogens is 432 g/mol. The number of ether oxygens (including phenoxy) is 1. The van der Waals surface area contributed by atoms with Crippen LogP contribution in [0.1, 0.15) is 60.6 Å². The first kappa shape index (κ1) is 19.6. The Hall–Kier alpha value is -2.03. The minimum absolute atomic E-state index is 0.00715. The van der Waals surface area contributed by atoms with E-state index in [0.29, 0.717) is 30.3 Å². The summed E-state index contributed by atoms with van der Waals surface area (Å²) in [7, 11) is 0. The zero-order valence-electron chi connectivity index (χ0n) is 17.1. The zero-order chi connectivity index (χ0) is 21.1. The van der Waals surface area contributed by atoms with Gasteiger partial charge in [0.05, 0.1) is 18.9 Å². The highest BCUT2D eigenvalue weighted by Gasteiger charge is 2.41. The number of hydrogen-bond acceptors (Lipinski definition) is 6. The average Bonchev–Trinajstić information content (AvgIpc) is 3.41. The number of amides is 1. The lowest BCUT2D eigenvalue weighted by Crippen LogP contribution is -2.35. The van der Waals surface area contributed by atoms with Gasteiger partial charge < -0.3 is 15.2 Å². The number of anilines is 1. The average molecular weight is 457 g/mol. The Balaban J connectivity index is 1.39. The first-order valence-corrected chi connectivity index (χ1v) is 12.8. The number of fused-ring (bicyclic) bond motifs is 3. The number of carboxylic acids is 1. The van der Waals surface area contributed by atoms with E-state index >= 15 is 0 Å². The number of carbonyl (C=O) groups is 2. The zero-order valence-corrected chi connectivity index (χ0v) is 18.7. The van der Waals surface area contributed by atoms with Crippen LogP contribution in [0.2, 0.25) is 0 Å². The molecule has 2 saturated carbocycles. The van der Waals surface area contributed by atoms with Crippen LogP contribution in [-0.4, -0.2) is 28.6 Å². The van der Waals surface area contributed by atoms with Gasteiger partial charge in [0.25, 0.3) is 5.91 Å². The van der Waals surface area contributed by atoms with Crippen LogP contribution >= 0.6 is 22.7 Å². The molecular formula is C23H24N2O4S2. The van der Waals surface area contributed by atoms with Gasteiger partial charge in [-0.3, -0.25) is 4.79 Å². The first-order chi connectivity index (χ1) is 15.1. The Morgan fingerprint density at radius 3 is 2.48 bits per heavy atom. The van der Waals surface area contributed by atoms with Crippen LogP contribution in [0.3, 0.4) is 0 Å². The van der Waals surface area contributed by atoms with Crippen molar-refractivity contribution in [1.29, 1.82) is 0 Å². The lowest BCUT2D eigenvalue weighted by atomic mass is 9.66. The molecule has 3 heterocycles. The van der Waals surface area contributed by atoms with Gasteiger partial charge in [-0.25, -0.2) is 9.78 Å². The van der Waals surface area contributed by atoms with Crippen LogP contribution in [-0.2, 0) is 27.4 Å². The van der Waals surface area contributed by atoms with Gasteiger partial charge in [0.1, 0.15) is 10.0 Å². The maximum atomic E-state index is 13.4. The van der Waals surface area contributed by atoms with Gasteiger partial charge >= 0.3 is 5.97 Å². The Bertz CT molecular complexity index is 1100. The van der Waals surface area contributed by atoms with Crippen molar-refractivity contribution >= 4 is 39.6 Å². The standard InChI is InChI=1S/C23H24N2O4S2/c26-20(17-12-3-5-13(6-4-12)18(17)23(27)28)25-22-19(14-7-8-29-9-16(14)31-22)21-24-15(10-30-21)11-1-2-11/h10-13H,1-9H2,(H,25,26)(H,27,28). The number of hydrogen-bond donors (Lipinski definition) is 2. The van der Waals surface area contributed by atoms with Crippen molar-refractivity contribution in [3.63, 3.8) is 0 Å². The summed E-state index contributed by atoms with van der Waals surface area (Å²) in [4.78, 5) is 31.4. The molecule has 1 aliphatic heterocycles. The van der Waals surface area contributed by atoms with E-state index in [1.54, 1.807) is 22.7 Å². The largest absolute Gasteiger partial charge is 0.478 e. The highest BCUT2D eigenvalue weighted by atomic mass is 32.1. The van der Waals surface area contributed by atoms with E-state index in [-0.39, 0.29) is 17.7 Å². The van der Waals surface area contributed by atoms with Crippen LogP contribution in [0.5, 0.6) is 0 Å². The monoisotopic (exact) mass is 456 g/mol. The quantitative estimate of drug-likeness (QED) is 0.664. The van der Waals surface area contributed by atoms with Crippen LogP contribution in [0.4, 0.5) is 5.00 Å². The number of thiazole rings is 1. The van der Waals surface area contributed by atoms with Crippen LogP contribution in [0.25, 0.3) is 10.6 Å². The fourth-order valence-electron chi connectivity index (χ4n) is 5.39. The maximum absolute atomic E-state index is 13.4. The van der Waals surface area contributed by atoms with Gasteiger partial charge in [0.2, 0.25) is 0 Å². The molecule has 0 atom stereocenters. The Morgan fingerprint density at radius 2 is 1.77 bits per heavy atom. The highest BCUT2D eigenvalue weighted by molar-refractivity contribution is 7.18. The van der Waals surface area contributed by atoms with Crippen molar-refractivity contribution in [3.8, 4) is 10.6 Å². The third kappa shape index (κ3) is 3.36. The molecule has 6 nitrogen and oxygen atoms in total. The van der Waals surface area contributed by atoms with E-state index in [4.69, 9.17) is 9.72 Å². The number of nitrogens with zero attached hydrogens (tertiary/aromatic N) is 1. The van der Waals surface area contributed by atoms with Crippen molar-refractivity contribution < 1.29 is 19.4 Å². The fraction of sp³-hybridized carbons (Fsp3) is 0.522. The molecule has 8 heteroatoms. The molecule has 2 aromatic rings. The molecule has 0 spiro atoms. The summed E-state index contributed by atoms with van der Waals surface area (Å²) < 4.78 is 5.66. The maximum Gasteiger partial charge on any atom is 0.332 e. The summed E-state index contributed by atoms with van der Waals surface area (Å²) >= 11 is 3.19. The molecule has 2 aromatic heterocycles. The molecule has 162 valence electrons. The van der Waals surface area contributed by atoms with Crippen molar-refractivity contribution in [2.45, 2.75) is 57.5 Å². The molecule has 0 saturated heterocycles. The molecule has 0 radical (unpaired) electrons. The Morgan fingerprint density at radius 1 is 1.06 bits per heavy atom. The Kier molecular flexibility index (Phi) is 4.77. The topological polar surface area (TPSA) is 88.5 Å². The fourth-order valence-corrected chi connectivity index (χ4v) is 7.62. The summed E-state index contributed by atoms with van der Waals surface area (Å²) in [6, 6.07) is 0. The second kappa shape index (κ2) is 7.53. The third-order valence-electron chi connectivity index (χ3n) is 7.09. The van der Waals surface area contributed by atoms with Crippen molar-refractivity contribution in [2.24, 2.45) is 11.8 Å². The summed E-state index contributed by atoms with van der Waals surface area (Å²) in [6.07, 6.45) is 6.79. The summed E-state index contributed by atoms with van der Waals surface area (Å²) in [5.74, 6) is -0.535. The number of aromatic nitrogens is 1. The molecule has 0 aromatic carbocycles. The van der Waals surface area contributed by atoms with Gasteiger partial charge in [-0.2, -0.15) is 0 Å². The van der Waals surface area contributed by atoms with E-state index in [1.807, 2.05) is 0 Å². The molecule has 2 fully saturated rings. The first-order valence-electron chi connectivity index (χ1n) is 11.1. The molecule has 4 aliphatic carbocycles. The molecule has 1 amide bonds. The predicted molar refractivity (Wildman–Crippen MR) is 120 cm³/mol. The minimum Gasteiger partial charge on any atom is -0.478 e. The minimum atomic E-state index is -0.937. The molecule has 5 aliphatic rings. The van der Waals surface area contributed by atoms with Gasteiger partial charge in [-0.15, -0.1) is 22.7 Å². The summed E-state index contributed by atoms with van der Waals surface area (Å²) in [5, 5.41) is 16.8. The molecule has 2 N–H and O–H groups in total. The van der Waals surface area contributed by atoms with Crippen molar-refractivity contribution in [3.05, 3.63) is 32.7 Å². The van der Waals surface area contributed by atoms with Gasteiger partial charge in [-0.05, 0) is 62.3 Å². The lowest BCUT2D eigenvalue weighted by molar-refractivity contribution is -0.134. The van der Waals surface area contributed by atoms with Crippen LogP contribution < -0.4 is 5.32 Å². The molecule has 31 heavy (non-hydrogen) atoms. The lowest BCUT2D eigenvalue weighted by Gasteiger charge is -2.37. The molecule has 7 rings (SSSR count). The highest BCUT2D eigenvalue weighted by Crippen LogP contribution is 2.49. The SMILES string of the molecule is O=C(O)C1=C(C(=O)Nc2sc3c(c2-c2nc(C4CC4)cs2)CCOC3)C2CCC1CC2. The molecule has 0 unspecified atom stereocenters. The Labute approximate surface area is 188 Å². The number of carboxylic acid groups (broad SMARTS) is 1. The molecule has 2 bridgehead atoms. The van der Waals surface area contributed by atoms with Crippen LogP contribution in [0, 0.1) is 11.8 Å². The predicted octanol–water partition coefficient (Wildman–Crippen LogP) is 4.96. The van der Waals surface area contributed by atoms with E-state index in [1.165, 1.54) is 18.4 Å². The van der Waals surface area contributed by atoms with Gasteiger partial charge in [-0.1, -0.05) is 0 Å². The van der Waals surface area contributed by atoms with E-state index in [2.05, 4.69) is 10.7 Å². The summed E-state index contributed by atoms with van der Waals surface area (Å²) in [5.41, 5.74) is 4.25. The number of aliphatic carboxylic acids is 1. The van der Waals surface area contributed by atoms with E-state index in [0.717, 1.165) is 58.2 Å².